The Kier molecular flexibility index (Phi) is 7.07. The van der Waals surface area contributed by atoms with E-state index in [0.717, 1.165) is 35.1 Å². The lowest BCUT2D eigenvalue weighted by atomic mass is 9.96. The Labute approximate surface area is 159 Å². The van der Waals surface area contributed by atoms with Gasteiger partial charge in [-0.3, -0.25) is 4.98 Å². The second-order valence-electron chi connectivity index (χ2n) is 7.42. The molecule has 2 unspecified atom stereocenters. The number of aromatic nitrogens is 1. The van der Waals surface area contributed by atoms with E-state index in [1.54, 1.807) is 6.20 Å². The first-order chi connectivity index (χ1) is 12.3. The maximum Gasteiger partial charge on any atom is 0.0975 e. The summed E-state index contributed by atoms with van der Waals surface area (Å²) in [4.78, 5) is 4.16. The number of hydrogen-bond acceptors (Lipinski definition) is 3. The minimum atomic E-state index is -1.17. The predicted octanol–water partition coefficient (Wildman–Crippen LogP) is 4.84. The third-order valence-corrected chi connectivity index (χ3v) is 5.82. The summed E-state index contributed by atoms with van der Waals surface area (Å²) in [5, 5.41) is 8.85. The maximum atomic E-state index is 12.6. The maximum absolute atomic E-state index is 12.6. The molecular weight excluding hydrogens is 342 g/mol. The molecule has 2 aromatic rings. The van der Waals surface area contributed by atoms with Crippen LogP contribution in [0.1, 0.15) is 57.2 Å². The molecule has 0 saturated carbocycles. The summed E-state index contributed by atoms with van der Waals surface area (Å²) in [5.74, 6) is 0. The molecule has 0 spiro atoms. The Bertz CT molecular complexity index is 805. The van der Waals surface area contributed by atoms with Crippen LogP contribution in [0.5, 0.6) is 0 Å². The van der Waals surface area contributed by atoms with Gasteiger partial charge in [0.25, 0.3) is 0 Å². The molecule has 1 N–H and O–H groups in total. The van der Waals surface area contributed by atoms with E-state index in [-0.39, 0.29) is 10.8 Å². The zero-order valence-electron chi connectivity index (χ0n) is 16.0. The largest absolute Gasteiger partial charge is 0.264 e. The third kappa shape index (κ3) is 5.48. The molecule has 26 heavy (non-hydrogen) atoms. The highest BCUT2D eigenvalue weighted by atomic mass is 32.2. The van der Waals surface area contributed by atoms with E-state index in [4.69, 9.17) is 5.26 Å². The van der Waals surface area contributed by atoms with Crippen LogP contribution in [-0.2, 0) is 11.0 Å². The van der Waals surface area contributed by atoms with Gasteiger partial charge in [-0.05, 0) is 74.9 Å². The molecule has 1 aromatic heterocycles. The lowest BCUT2D eigenvalue weighted by molar-refractivity contribution is 0.556. The van der Waals surface area contributed by atoms with Crippen LogP contribution in [0, 0.1) is 18.3 Å². The van der Waals surface area contributed by atoms with Crippen LogP contribution >= 0.6 is 0 Å². The molecule has 5 heteroatoms. The Hall–Kier alpha value is -2.03. The van der Waals surface area contributed by atoms with Crippen molar-refractivity contribution < 1.29 is 4.21 Å². The topological polar surface area (TPSA) is 65.8 Å². The molecule has 0 amide bonds. The average molecular weight is 370 g/mol. The summed E-state index contributed by atoms with van der Waals surface area (Å²) in [6.07, 6.45) is 5.71. The van der Waals surface area contributed by atoms with Crippen LogP contribution in [0.2, 0.25) is 0 Å². The first-order valence-electron chi connectivity index (χ1n) is 8.89. The third-order valence-electron chi connectivity index (χ3n) is 4.21. The van der Waals surface area contributed by atoms with E-state index in [2.05, 4.69) is 34.0 Å². The number of hydrogen-bond donors (Lipinski definition) is 1. The second kappa shape index (κ2) is 9.07. The number of nitriles is 1. The monoisotopic (exact) mass is 369 g/mol. The molecule has 2 rings (SSSR count). The van der Waals surface area contributed by atoms with Crippen molar-refractivity contribution >= 4 is 11.0 Å². The standard InChI is InChI=1S/C21H27N3OS/c1-16-15-23-13-11-19(16)17-8-7-9-18(14-17)20(10-5-6-12-22)24-26(25)21(2,3)4/h7-9,11,13-15,20,24H,5-6,10H2,1-4H3. The predicted molar refractivity (Wildman–Crippen MR) is 108 cm³/mol. The van der Waals surface area contributed by atoms with Crippen molar-refractivity contribution in [2.24, 2.45) is 0 Å². The molecule has 0 aliphatic rings. The molecule has 0 bridgehead atoms. The van der Waals surface area contributed by atoms with Crippen molar-refractivity contribution in [3.8, 4) is 17.2 Å². The molecule has 1 aromatic carbocycles. The van der Waals surface area contributed by atoms with Crippen LogP contribution in [-0.4, -0.2) is 13.9 Å². The number of benzene rings is 1. The zero-order valence-corrected chi connectivity index (χ0v) is 16.8. The van der Waals surface area contributed by atoms with Gasteiger partial charge in [0, 0.05) is 24.9 Å². The van der Waals surface area contributed by atoms with Crippen molar-refractivity contribution in [1.82, 2.24) is 9.71 Å². The Morgan fingerprint density at radius 2 is 2.08 bits per heavy atom. The molecule has 0 saturated heterocycles. The highest BCUT2D eigenvalue weighted by molar-refractivity contribution is 7.84. The summed E-state index contributed by atoms with van der Waals surface area (Å²) in [6.45, 7) is 7.92. The molecule has 0 radical (unpaired) electrons. The fraction of sp³-hybridized carbons (Fsp3) is 0.429. The van der Waals surface area contributed by atoms with E-state index in [9.17, 15) is 4.21 Å². The minimum Gasteiger partial charge on any atom is -0.264 e. The highest BCUT2D eigenvalue weighted by Crippen LogP contribution is 2.28. The second-order valence-corrected chi connectivity index (χ2v) is 9.42. The minimum absolute atomic E-state index is 0.0505. The van der Waals surface area contributed by atoms with E-state index >= 15 is 0 Å². The van der Waals surface area contributed by atoms with Crippen LogP contribution in [0.15, 0.2) is 42.7 Å². The van der Waals surface area contributed by atoms with Crippen LogP contribution in [0.25, 0.3) is 11.1 Å². The van der Waals surface area contributed by atoms with Gasteiger partial charge in [0.05, 0.1) is 21.8 Å². The van der Waals surface area contributed by atoms with Gasteiger partial charge in [-0.2, -0.15) is 5.26 Å². The Balaban J connectivity index is 2.32. The first kappa shape index (κ1) is 20.3. The van der Waals surface area contributed by atoms with Crippen molar-refractivity contribution in [3.05, 3.63) is 53.9 Å². The van der Waals surface area contributed by atoms with Gasteiger partial charge >= 0.3 is 0 Å². The molecule has 4 nitrogen and oxygen atoms in total. The summed E-state index contributed by atoms with van der Waals surface area (Å²) in [5.41, 5.74) is 4.48. The summed E-state index contributed by atoms with van der Waals surface area (Å²) >= 11 is 0. The first-order valence-corrected chi connectivity index (χ1v) is 10.0. The molecule has 138 valence electrons. The normalized spacial score (nSPS) is 13.8. The van der Waals surface area contributed by atoms with Gasteiger partial charge in [-0.25, -0.2) is 8.93 Å². The van der Waals surface area contributed by atoms with Crippen LogP contribution in [0.3, 0.4) is 0 Å². The molecule has 0 aliphatic carbocycles. The van der Waals surface area contributed by atoms with Gasteiger partial charge in [0.15, 0.2) is 0 Å². The summed E-state index contributed by atoms with van der Waals surface area (Å²) in [6, 6.07) is 12.5. The number of nitrogens with one attached hydrogen (secondary N) is 1. The fourth-order valence-electron chi connectivity index (χ4n) is 2.71. The molecule has 1 heterocycles. The quantitative estimate of drug-likeness (QED) is 0.710. The average Bonchev–Trinajstić information content (AvgIpc) is 2.60. The summed E-state index contributed by atoms with van der Waals surface area (Å²) in [7, 11) is -1.17. The smallest absolute Gasteiger partial charge is 0.0975 e. The fourth-order valence-corrected chi connectivity index (χ4v) is 3.57. The molecule has 0 aliphatic heterocycles. The lowest BCUT2D eigenvalue weighted by Crippen LogP contribution is -2.35. The molecular formula is C21H27N3OS. The van der Waals surface area contributed by atoms with E-state index in [1.807, 2.05) is 46.0 Å². The van der Waals surface area contributed by atoms with Crippen molar-refractivity contribution in [1.29, 1.82) is 5.26 Å². The SMILES string of the molecule is Cc1cnccc1-c1cccc(C(CCCC#N)NS(=O)C(C)(C)C)c1. The van der Waals surface area contributed by atoms with E-state index < -0.39 is 11.0 Å². The van der Waals surface area contributed by atoms with Gasteiger partial charge in [-0.1, -0.05) is 18.2 Å². The van der Waals surface area contributed by atoms with Gasteiger partial charge in [-0.15, -0.1) is 0 Å². The van der Waals surface area contributed by atoms with E-state index in [0.29, 0.717) is 6.42 Å². The lowest BCUT2D eigenvalue weighted by Gasteiger charge is -2.25. The number of rotatable bonds is 7. The van der Waals surface area contributed by atoms with Crippen LogP contribution < -0.4 is 4.72 Å². The zero-order chi connectivity index (χ0) is 19.2. The molecule has 0 fully saturated rings. The number of pyridine rings is 1. The number of nitrogens with zero attached hydrogens (tertiary/aromatic N) is 2. The van der Waals surface area contributed by atoms with Gasteiger partial charge in [0.1, 0.15) is 0 Å². The van der Waals surface area contributed by atoms with E-state index in [1.165, 1.54) is 0 Å². The van der Waals surface area contributed by atoms with Gasteiger partial charge < -0.3 is 0 Å². The van der Waals surface area contributed by atoms with Crippen molar-refractivity contribution in [3.63, 3.8) is 0 Å². The van der Waals surface area contributed by atoms with Crippen molar-refractivity contribution in [2.75, 3.05) is 0 Å². The summed E-state index contributed by atoms with van der Waals surface area (Å²) < 4.78 is 15.6. The highest BCUT2D eigenvalue weighted by Gasteiger charge is 2.23. The Morgan fingerprint density at radius 1 is 1.31 bits per heavy atom. The van der Waals surface area contributed by atoms with Crippen LogP contribution in [0.4, 0.5) is 0 Å². The Morgan fingerprint density at radius 3 is 2.73 bits per heavy atom. The molecule has 2 atom stereocenters. The number of aryl methyl sites for hydroxylation is 1. The van der Waals surface area contributed by atoms with Crippen molar-refractivity contribution in [2.45, 2.75) is 57.7 Å². The van der Waals surface area contributed by atoms with Gasteiger partial charge in [0.2, 0.25) is 0 Å². The number of unbranched alkanes of at least 4 members (excludes halogenated alkanes) is 1.